The van der Waals surface area contributed by atoms with Gasteiger partial charge >= 0.3 is 5.97 Å². The number of aliphatic carboxylic acids is 1. The van der Waals surface area contributed by atoms with Gasteiger partial charge in [-0.2, -0.15) is 0 Å². The average Bonchev–Trinajstić information content (AvgIpc) is 2.66. The Hall–Kier alpha value is -1.36. The monoisotopic (exact) mass is 269 g/mol. The van der Waals surface area contributed by atoms with E-state index < -0.39 is 5.97 Å². The largest absolute Gasteiger partial charge is 0.474 e. The third kappa shape index (κ3) is 2.18. The maximum absolute atomic E-state index is 10.6. The fourth-order valence-corrected chi connectivity index (χ4v) is 1.79. The van der Waals surface area contributed by atoms with E-state index in [-0.39, 0.29) is 18.5 Å². The van der Waals surface area contributed by atoms with Gasteiger partial charge in [0.2, 0.25) is 0 Å². The lowest BCUT2D eigenvalue weighted by Gasteiger charge is -2.04. The molecule has 1 aliphatic rings. The standard InChI is InChI=1S/C10H8BrNO3/c11-7-3-1-2-6(4-7)8-5-15-9(12-8)10(13)14/h1-4,8H,5H2,(H,13,14). The van der Waals surface area contributed by atoms with Crippen molar-refractivity contribution in [3.63, 3.8) is 0 Å². The van der Waals surface area contributed by atoms with E-state index in [1.165, 1.54) is 0 Å². The van der Waals surface area contributed by atoms with Gasteiger partial charge in [0.15, 0.2) is 0 Å². The van der Waals surface area contributed by atoms with Gasteiger partial charge in [0, 0.05) is 4.47 Å². The van der Waals surface area contributed by atoms with Crippen LogP contribution in [0.15, 0.2) is 33.7 Å². The molecule has 1 atom stereocenters. The number of nitrogens with zero attached hydrogens (tertiary/aromatic N) is 1. The second-order valence-corrected chi connectivity index (χ2v) is 4.04. The first-order valence-corrected chi connectivity index (χ1v) is 5.15. The summed E-state index contributed by atoms with van der Waals surface area (Å²) >= 11 is 3.35. The molecule has 0 bridgehead atoms. The average molecular weight is 270 g/mol. The molecule has 1 N–H and O–H groups in total. The highest BCUT2D eigenvalue weighted by atomic mass is 79.9. The molecule has 1 unspecified atom stereocenters. The van der Waals surface area contributed by atoms with Crippen molar-refractivity contribution in [1.29, 1.82) is 0 Å². The SMILES string of the molecule is O=C(O)C1=NC(c2cccc(Br)c2)CO1. The van der Waals surface area contributed by atoms with Gasteiger partial charge in [-0.3, -0.25) is 0 Å². The van der Waals surface area contributed by atoms with E-state index in [1.54, 1.807) is 0 Å². The van der Waals surface area contributed by atoms with E-state index in [0.29, 0.717) is 0 Å². The summed E-state index contributed by atoms with van der Waals surface area (Å²) in [7, 11) is 0. The molecule has 0 spiro atoms. The second-order valence-electron chi connectivity index (χ2n) is 3.12. The molecule has 0 radical (unpaired) electrons. The Morgan fingerprint density at radius 3 is 3.00 bits per heavy atom. The van der Waals surface area contributed by atoms with Crippen LogP contribution in [0.2, 0.25) is 0 Å². The lowest BCUT2D eigenvalue weighted by atomic mass is 10.1. The molecule has 78 valence electrons. The van der Waals surface area contributed by atoms with Crippen LogP contribution in [0.1, 0.15) is 11.6 Å². The minimum Gasteiger partial charge on any atom is -0.474 e. The molecule has 0 aromatic heterocycles. The van der Waals surface area contributed by atoms with Gasteiger partial charge in [0.1, 0.15) is 12.6 Å². The minimum atomic E-state index is -1.12. The van der Waals surface area contributed by atoms with E-state index in [0.717, 1.165) is 10.0 Å². The molecule has 0 saturated heterocycles. The third-order valence-electron chi connectivity index (χ3n) is 2.07. The predicted molar refractivity (Wildman–Crippen MR) is 57.9 cm³/mol. The molecular weight excluding hydrogens is 262 g/mol. The molecule has 0 saturated carbocycles. The summed E-state index contributed by atoms with van der Waals surface area (Å²) in [5.74, 6) is -1.33. The number of rotatable bonds is 2. The van der Waals surface area contributed by atoms with Gasteiger partial charge < -0.3 is 9.84 Å². The van der Waals surface area contributed by atoms with Gasteiger partial charge in [0.25, 0.3) is 5.90 Å². The lowest BCUT2D eigenvalue weighted by Crippen LogP contribution is -2.12. The van der Waals surface area contributed by atoms with Crippen molar-refractivity contribution < 1.29 is 14.6 Å². The summed E-state index contributed by atoms with van der Waals surface area (Å²) < 4.78 is 5.90. The fourth-order valence-electron chi connectivity index (χ4n) is 1.38. The van der Waals surface area contributed by atoms with Gasteiger partial charge in [0.05, 0.1) is 0 Å². The number of aliphatic imine (C=N–C) groups is 1. The Morgan fingerprint density at radius 1 is 1.60 bits per heavy atom. The number of benzene rings is 1. The van der Waals surface area contributed by atoms with Crippen molar-refractivity contribution in [1.82, 2.24) is 0 Å². The van der Waals surface area contributed by atoms with Gasteiger partial charge in [-0.05, 0) is 17.7 Å². The zero-order valence-corrected chi connectivity index (χ0v) is 9.27. The van der Waals surface area contributed by atoms with E-state index in [1.807, 2.05) is 24.3 Å². The van der Waals surface area contributed by atoms with E-state index in [9.17, 15) is 4.79 Å². The second kappa shape index (κ2) is 4.02. The van der Waals surface area contributed by atoms with Crippen LogP contribution in [0.3, 0.4) is 0 Å². The molecule has 0 amide bonds. The molecule has 1 aliphatic heterocycles. The lowest BCUT2D eigenvalue weighted by molar-refractivity contribution is -0.130. The molecular formula is C10H8BrNO3. The molecule has 15 heavy (non-hydrogen) atoms. The highest BCUT2D eigenvalue weighted by Gasteiger charge is 2.24. The Labute approximate surface area is 94.7 Å². The highest BCUT2D eigenvalue weighted by Crippen LogP contribution is 2.25. The number of carboxylic acid groups (broad SMARTS) is 1. The van der Waals surface area contributed by atoms with Crippen molar-refractivity contribution in [3.05, 3.63) is 34.3 Å². The summed E-state index contributed by atoms with van der Waals surface area (Å²) in [5.41, 5.74) is 0.945. The van der Waals surface area contributed by atoms with Gasteiger partial charge in [-0.25, -0.2) is 9.79 Å². The third-order valence-corrected chi connectivity index (χ3v) is 2.56. The zero-order chi connectivity index (χ0) is 10.8. The number of hydrogen-bond donors (Lipinski definition) is 1. The number of hydrogen-bond acceptors (Lipinski definition) is 3. The predicted octanol–water partition coefficient (Wildman–Crippen LogP) is 2.00. The highest BCUT2D eigenvalue weighted by molar-refractivity contribution is 9.10. The van der Waals surface area contributed by atoms with Gasteiger partial charge in [-0.15, -0.1) is 0 Å². The van der Waals surface area contributed by atoms with Gasteiger partial charge in [-0.1, -0.05) is 28.1 Å². The first-order chi connectivity index (χ1) is 7.16. The summed E-state index contributed by atoms with van der Waals surface area (Å²) in [6, 6.07) is 7.37. The first kappa shape index (κ1) is 10.2. The smallest absolute Gasteiger partial charge is 0.391 e. The Morgan fingerprint density at radius 2 is 2.40 bits per heavy atom. The van der Waals surface area contributed by atoms with Crippen LogP contribution in [0, 0.1) is 0 Å². The molecule has 1 aromatic carbocycles. The topological polar surface area (TPSA) is 58.9 Å². The van der Waals surface area contributed by atoms with Crippen LogP contribution in [0.5, 0.6) is 0 Å². The summed E-state index contributed by atoms with van der Waals surface area (Å²) in [6.45, 7) is 0.290. The fraction of sp³-hybridized carbons (Fsp3) is 0.200. The van der Waals surface area contributed by atoms with Crippen molar-refractivity contribution in [2.24, 2.45) is 4.99 Å². The Bertz CT molecular complexity index is 430. The molecule has 1 heterocycles. The van der Waals surface area contributed by atoms with Crippen molar-refractivity contribution >= 4 is 27.8 Å². The molecule has 0 fully saturated rings. The normalized spacial score (nSPS) is 19.5. The van der Waals surface area contributed by atoms with Crippen molar-refractivity contribution in [3.8, 4) is 0 Å². The summed E-state index contributed by atoms with van der Waals surface area (Å²) in [4.78, 5) is 14.6. The van der Waals surface area contributed by atoms with Crippen LogP contribution in [0.4, 0.5) is 0 Å². The van der Waals surface area contributed by atoms with E-state index in [4.69, 9.17) is 9.84 Å². The summed E-state index contributed by atoms with van der Waals surface area (Å²) in [5, 5.41) is 8.67. The zero-order valence-electron chi connectivity index (χ0n) is 7.68. The van der Waals surface area contributed by atoms with E-state index >= 15 is 0 Å². The van der Waals surface area contributed by atoms with Crippen LogP contribution in [0.25, 0.3) is 0 Å². The van der Waals surface area contributed by atoms with Crippen molar-refractivity contribution in [2.75, 3.05) is 6.61 Å². The first-order valence-electron chi connectivity index (χ1n) is 4.36. The van der Waals surface area contributed by atoms with Crippen LogP contribution in [-0.2, 0) is 9.53 Å². The maximum Gasteiger partial charge on any atom is 0.391 e. The number of ether oxygens (including phenoxy) is 1. The molecule has 5 heteroatoms. The van der Waals surface area contributed by atoms with Crippen LogP contribution in [-0.4, -0.2) is 23.6 Å². The molecule has 4 nitrogen and oxygen atoms in total. The quantitative estimate of drug-likeness (QED) is 0.894. The van der Waals surface area contributed by atoms with Crippen LogP contribution < -0.4 is 0 Å². The minimum absolute atomic E-state index is 0.208. The maximum atomic E-state index is 10.6. The number of carboxylic acids is 1. The summed E-state index contributed by atoms with van der Waals surface area (Å²) in [6.07, 6.45) is 0. The molecule has 1 aromatic rings. The van der Waals surface area contributed by atoms with Crippen molar-refractivity contribution in [2.45, 2.75) is 6.04 Å². The Balaban J connectivity index is 2.24. The molecule has 2 rings (SSSR count). The number of carbonyl (C=O) groups is 1. The van der Waals surface area contributed by atoms with Crippen LogP contribution >= 0.6 is 15.9 Å². The Kier molecular flexibility index (Phi) is 2.73. The number of halogens is 1. The molecule has 0 aliphatic carbocycles. The van der Waals surface area contributed by atoms with E-state index in [2.05, 4.69) is 20.9 Å².